The molecule has 0 saturated heterocycles. The van der Waals surface area contributed by atoms with Crippen LogP contribution in [0.3, 0.4) is 0 Å². The second kappa shape index (κ2) is 4.75. The lowest BCUT2D eigenvalue weighted by atomic mass is 10.1. The van der Waals surface area contributed by atoms with Crippen LogP contribution in [0.2, 0.25) is 0 Å². The Morgan fingerprint density at radius 3 is 2.78 bits per heavy atom. The number of nitrogens with zero attached hydrogens (tertiary/aromatic N) is 2. The van der Waals surface area contributed by atoms with Gasteiger partial charge in [-0.15, -0.1) is 6.58 Å². The van der Waals surface area contributed by atoms with Crippen molar-refractivity contribution < 1.29 is 15.0 Å². The molecular formula is C13H12N2O3. The zero-order chi connectivity index (χ0) is 13.1. The van der Waals surface area contributed by atoms with Crippen LogP contribution in [-0.2, 0) is 6.54 Å². The van der Waals surface area contributed by atoms with E-state index >= 15 is 0 Å². The molecule has 0 saturated carbocycles. The predicted molar refractivity (Wildman–Crippen MR) is 66.5 cm³/mol. The Hall–Kier alpha value is -2.56. The van der Waals surface area contributed by atoms with Crippen LogP contribution in [0.1, 0.15) is 10.5 Å². The number of rotatable bonds is 4. The topological polar surface area (TPSA) is 75.3 Å². The van der Waals surface area contributed by atoms with E-state index < -0.39 is 5.97 Å². The Kier molecular flexibility index (Phi) is 3.14. The molecule has 0 unspecified atom stereocenters. The Labute approximate surface area is 104 Å². The van der Waals surface area contributed by atoms with Gasteiger partial charge in [-0.05, 0) is 18.2 Å². The van der Waals surface area contributed by atoms with Crippen molar-refractivity contribution in [3.05, 3.63) is 48.7 Å². The zero-order valence-corrected chi connectivity index (χ0v) is 9.58. The number of benzene rings is 1. The van der Waals surface area contributed by atoms with Gasteiger partial charge in [-0.3, -0.25) is 4.68 Å². The Balaban J connectivity index is 2.53. The number of carbonyl (C=O) groups is 1. The van der Waals surface area contributed by atoms with Crippen molar-refractivity contribution in [2.45, 2.75) is 6.54 Å². The fourth-order valence-electron chi connectivity index (χ4n) is 1.67. The first-order valence-corrected chi connectivity index (χ1v) is 5.34. The van der Waals surface area contributed by atoms with Gasteiger partial charge in [-0.2, -0.15) is 5.10 Å². The number of allylic oxidation sites excluding steroid dienone is 1. The molecule has 0 fully saturated rings. The van der Waals surface area contributed by atoms with E-state index in [2.05, 4.69) is 11.7 Å². The molecule has 5 nitrogen and oxygen atoms in total. The zero-order valence-electron chi connectivity index (χ0n) is 9.58. The molecule has 0 bridgehead atoms. The highest BCUT2D eigenvalue weighted by Crippen LogP contribution is 2.28. The van der Waals surface area contributed by atoms with E-state index in [0.29, 0.717) is 17.8 Å². The van der Waals surface area contributed by atoms with Gasteiger partial charge in [-0.1, -0.05) is 18.2 Å². The summed E-state index contributed by atoms with van der Waals surface area (Å²) in [6.07, 6.45) is 1.56. The molecule has 2 aromatic rings. The van der Waals surface area contributed by atoms with E-state index in [1.807, 2.05) is 0 Å². The number of phenols is 1. The van der Waals surface area contributed by atoms with Crippen LogP contribution < -0.4 is 0 Å². The van der Waals surface area contributed by atoms with Gasteiger partial charge >= 0.3 is 5.97 Å². The maximum atomic E-state index is 11.1. The normalized spacial score (nSPS) is 10.2. The van der Waals surface area contributed by atoms with Gasteiger partial charge in [0.15, 0.2) is 0 Å². The second-order valence-corrected chi connectivity index (χ2v) is 3.71. The molecule has 1 aromatic carbocycles. The van der Waals surface area contributed by atoms with Crippen molar-refractivity contribution in [3.8, 4) is 17.0 Å². The minimum absolute atomic E-state index is 0.0631. The van der Waals surface area contributed by atoms with Gasteiger partial charge < -0.3 is 10.2 Å². The van der Waals surface area contributed by atoms with Gasteiger partial charge in [0.2, 0.25) is 0 Å². The van der Waals surface area contributed by atoms with Gasteiger partial charge in [0.1, 0.15) is 11.4 Å². The highest BCUT2D eigenvalue weighted by atomic mass is 16.4. The van der Waals surface area contributed by atoms with Gasteiger partial charge in [0, 0.05) is 5.56 Å². The smallest absolute Gasteiger partial charge is 0.354 e. The Morgan fingerprint density at radius 2 is 2.17 bits per heavy atom. The van der Waals surface area contributed by atoms with E-state index in [0.717, 1.165) is 0 Å². The number of carboxylic acid groups (broad SMARTS) is 1. The summed E-state index contributed by atoms with van der Waals surface area (Å²) in [7, 11) is 0. The van der Waals surface area contributed by atoms with Crippen molar-refractivity contribution >= 4 is 5.97 Å². The predicted octanol–water partition coefficient (Wildman–Crippen LogP) is 2.14. The highest BCUT2D eigenvalue weighted by Gasteiger charge is 2.15. The summed E-state index contributed by atoms with van der Waals surface area (Å²) >= 11 is 0. The van der Waals surface area contributed by atoms with E-state index in [1.165, 1.54) is 16.8 Å². The maximum Gasteiger partial charge on any atom is 0.354 e. The molecule has 2 rings (SSSR count). The molecule has 1 heterocycles. The average molecular weight is 244 g/mol. The fraction of sp³-hybridized carbons (Fsp3) is 0.0769. The van der Waals surface area contributed by atoms with E-state index in [1.54, 1.807) is 24.3 Å². The number of hydrogen-bond acceptors (Lipinski definition) is 3. The molecule has 0 radical (unpaired) electrons. The Morgan fingerprint density at radius 1 is 1.44 bits per heavy atom. The summed E-state index contributed by atoms with van der Waals surface area (Å²) in [6, 6.07) is 8.09. The van der Waals surface area contributed by atoms with Crippen molar-refractivity contribution in [2.24, 2.45) is 0 Å². The van der Waals surface area contributed by atoms with Crippen LogP contribution >= 0.6 is 0 Å². The molecule has 92 valence electrons. The van der Waals surface area contributed by atoms with Crippen LogP contribution in [0.4, 0.5) is 0 Å². The number of phenolic OH excluding ortho intramolecular Hbond substituents is 1. The van der Waals surface area contributed by atoms with Crippen LogP contribution in [-0.4, -0.2) is 26.0 Å². The summed E-state index contributed by atoms with van der Waals surface area (Å²) in [5, 5.41) is 22.9. The van der Waals surface area contributed by atoms with E-state index in [4.69, 9.17) is 5.11 Å². The molecule has 0 aliphatic rings. The van der Waals surface area contributed by atoms with E-state index in [9.17, 15) is 9.90 Å². The number of aromatic hydroxyl groups is 1. The number of aromatic carboxylic acids is 1. The highest BCUT2D eigenvalue weighted by molar-refractivity contribution is 5.87. The maximum absolute atomic E-state index is 11.1. The standard InChI is InChI=1S/C13H12N2O3/c1-2-7-15-11(13(17)18)8-10(14-15)9-5-3-4-6-12(9)16/h2-6,8,16H,1,7H2,(H,17,18). The number of carboxylic acids is 1. The molecule has 0 atom stereocenters. The van der Waals surface area contributed by atoms with Crippen LogP contribution in [0.15, 0.2) is 43.0 Å². The van der Waals surface area contributed by atoms with Crippen molar-refractivity contribution in [1.29, 1.82) is 0 Å². The molecule has 0 aliphatic carbocycles. The number of para-hydroxylation sites is 1. The van der Waals surface area contributed by atoms with Crippen molar-refractivity contribution in [2.75, 3.05) is 0 Å². The minimum atomic E-state index is -1.06. The molecule has 2 N–H and O–H groups in total. The van der Waals surface area contributed by atoms with Gasteiger partial charge in [0.25, 0.3) is 0 Å². The Bertz CT molecular complexity index is 602. The molecular weight excluding hydrogens is 232 g/mol. The van der Waals surface area contributed by atoms with Crippen LogP contribution in [0.25, 0.3) is 11.3 Å². The van der Waals surface area contributed by atoms with Crippen LogP contribution in [0.5, 0.6) is 5.75 Å². The fourth-order valence-corrected chi connectivity index (χ4v) is 1.67. The van der Waals surface area contributed by atoms with Crippen molar-refractivity contribution in [1.82, 2.24) is 9.78 Å². The van der Waals surface area contributed by atoms with Gasteiger partial charge in [0.05, 0.1) is 12.2 Å². The first-order chi connectivity index (χ1) is 8.63. The van der Waals surface area contributed by atoms with E-state index in [-0.39, 0.29) is 11.4 Å². The quantitative estimate of drug-likeness (QED) is 0.808. The molecule has 18 heavy (non-hydrogen) atoms. The average Bonchev–Trinajstić information content (AvgIpc) is 2.74. The summed E-state index contributed by atoms with van der Waals surface area (Å²) in [6.45, 7) is 3.85. The lowest BCUT2D eigenvalue weighted by Crippen LogP contribution is -2.08. The monoisotopic (exact) mass is 244 g/mol. The number of hydrogen-bond donors (Lipinski definition) is 2. The molecule has 5 heteroatoms. The summed E-state index contributed by atoms with van der Waals surface area (Å²) in [5.74, 6) is -0.997. The third-order valence-corrected chi connectivity index (χ3v) is 2.48. The molecule has 0 amide bonds. The van der Waals surface area contributed by atoms with Crippen molar-refractivity contribution in [3.63, 3.8) is 0 Å². The molecule has 0 spiro atoms. The second-order valence-electron chi connectivity index (χ2n) is 3.71. The SMILES string of the molecule is C=CCn1nc(-c2ccccc2O)cc1C(=O)O. The number of aromatic nitrogens is 2. The molecule has 0 aliphatic heterocycles. The summed E-state index contributed by atoms with van der Waals surface area (Å²) < 4.78 is 1.33. The molecule has 1 aromatic heterocycles. The third-order valence-electron chi connectivity index (χ3n) is 2.48. The minimum Gasteiger partial charge on any atom is -0.507 e. The lowest BCUT2D eigenvalue weighted by Gasteiger charge is -2.00. The van der Waals surface area contributed by atoms with Crippen LogP contribution in [0, 0.1) is 0 Å². The summed E-state index contributed by atoms with van der Waals surface area (Å²) in [4.78, 5) is 11.1. The third kappa shape index (κ3) is 2.10. The first-order valence-electron chi connectivity index (χ1n) is 5.34. The first kappa shape index (κ1) is 11.9. The van der Waals surface area contributed by atoms with Gasteiger partial charge in [-0.25, -0.2) is 4.79 Å². The lowest BCUT2D eigenvalue weighted by molar-refractivity contribution is 0.0684. The summed E-state index contributed by atoms with van der Waals surface area (Å²) in [5.41, 5.74) is 0.989. The largest absolute Gasteiger partial charge is 0.507 e.